The normalized spacial score (nSPS) is 12.0. The maximum atomic E-state index is 8.79. The number of nitrogens with one attached hydrogen (secondary N) is 1. The molecular formula is C6H16N2O3. The molecule has 0 saturated heterocycles. The van der Waals surface area contributed by atoms with Crippen LogP contribution in [0.4, 0.5) is 0 Å². The summed E-state index contributed by atoms with van der Waals surface area (Å²) < 4.78 is 0. The second-order valence-electron chi connectivity index (χ2n) is 2.40. The maximum Gasteiger partial charge on any atom is 0.246 e. The molecular weight excluding hydrogens is 148 g/mol. The molecule has 0 rings (SSSR count). The van der Waals surface area contributed by atoms with Crippen molar-refractivity contribution in [3.05, 3.63) is 0 Å². The minimum atomic E-state index is -2.14. The van der Waals surface area contributed by atoms with Gasteiger partial charge in [0.2, 0.25) is 5.91 Å². The summed E-state index contributed by atoms with van der Waals surface area (Å²) in [5.74, 6) is -2.14. The second-order valence-corrected chi connectivity index (χ2v) is 2.40. The smallest absolute Gasteiger partial charge is 0.246 e. The molecule has 0 spiro atoms. The van der Waals surface area contributed by atoms with Gasteiger partial charge in [0.25, 0.3) is 0 Å². The van der Waals surface area contributed by atoms with Crippen molar-refractivity contribution in [2.45, 2.75) is 18.8 Å². The summed E-state index contributed by atoms with van der Waals surface area (Å²) in [4.78, 5) is 0. The fourth-order valence-electron chi connectivity index (χ4n) is 0.614. The SMILES string of the molecule is NCCCCNC(O)(O)CO. The van der Waals surface area contributed by atoms with Crippen LogP contribution in [0.15, 0.2) is 0 Å². The molecule has 0 aromatic heterocycles. The van der Waals surface area contributed by atoms with Gasteiger partial charge in [0.15, 0.2) is 0 Å². The third kappa shape index (κ3) is 6.21. The lowest BCUT2D eigenvalue weighted by atomic mass is 10.3. The molecule has 0 bridgehead atoms. The lowest BCUT2D eigenvalue weighted by Gasteiger charge is -2.19. The summed E-state index contributed by atoms with van der Waals surface area (Å²) in [5.41, 5.74) is 5.21. The first-order valence-corrected chi connectivity index (χ1v) is 3.63. The third-order valence-corrected chi connectivity index (χ3v) is 1.26. The molecule has 0 heterocycles. The van der Waals surface area contributed by atoms with Crippen molar-refractivity contribution < 1.29 is 15.3 Å². The Labute approximate surface area is 65.8 Å². The van der Waals surface area contributed by atoms with Gasteiger partial charge in [0.1, 0.15) is 6.61 Å². The van der Waals surface area contributed by atoms with Gasteiger partial charge in [-0.05, 0) is 19.4 Å². The van der Waals surface area contributed by atoms with Crippen molar-refractivity contribution in [2.75, 3.05) is 19.7 Å². The summed E-state index contributed by atoms with van der Waals surface area (Å²) in [6.07, 6.45) is 1.59. The fraction of sp³-hybridized carbons (Fsp3) is 1.00. The Kier molecular flexibility index (Phi) is 5.35. The van der Waals surface area contributed by atoms with E-state index in [2.05, 4.69) is 5.32 Å². The van der Waals surface area contributed by atoms with Gasteiger partial charge in [0, 0.05) is 6.54 Å². The van der Waals surface area contributed by atoms with E-state index < -0.39 is 12.5 Å². The standard InChI is InChI=1S/C6H16N2O3/c7-3-1-2-4-8-6(10,11)5-9/h8-11H,1-5,7H2. The van der Waals surface area contributed by atoms with Gasteiger partial charge >= 0.3 is 0 Å². The van der Waals surface area contributed by atoms with E-state index >= 15 is 0 Å². The highest BCUT2D eigenvalue weighted by Crippen LogP contribution is 1.92. The molecule has 68 valence electrons. The van der Waals surface area contributed by atoms with Gasteiger partial charge in [-0.2, -0.15) is 0 Å². The van der Waals surface area contributed by atoms with Gasteiger partial charge in [-0.3, -0.25) is 5.32 Å². The van der Waals surface area contributed by atoms with E-state index in [0.717, 1.165) is 12.8 Å². The van der Waals surface area contributed by atoms with Crippen molar-refractivity contribution in [3.63, 3.8) is 0 Å². The zero-order valence-electron chi connectivity index (χ0n) is 6.45. The highest BCUT2D eigenvalue weighted by Gasteiger charge is 2.19. The Balaban J connectivity index is 3.23. The number of aliphatic hydroxyl groups excluding tert-OH is 1. The van der Waals surface area contributed by atoms with E-state index in [4.69, 9.17) is 21.1 Å². The Bertz CT molecular complexity index is 97.8. The first kappa shape index (κ1) is 10.8. The second kappa shape index (κ2) is 5.45. The zero-order chi connectivity index (χ0) is 8.74. The van der Waals surface area contributed by atoms with Gasteiger partial charge in [0.05, 0.1) is 0 Å². The highest BCUT2D eigenvalue weighted by atomic mass is 16.5. The minimum absolute atomic E-state index is 0.435. The van der Waals surface area contributed by atoms with E-state index in [0.29, 0.717) is 13.1 Å². The lowest BCUT2D eigenvalue weighted by molar-refractivity contribution is -0.208. The number of nitrogens with two attached hydrogens (primary N) is 1. The number of rotatable bonds is 6. The van der Waals surface area contributed by atoms with Crippen LogP contribution in [0, 0.1) is 0 Å². The van der Waals surface area contributed by atoms with Crippen LogP contribution in [-0.4, -0.2) is 40.9 Å². The molecule has 0 unspecified atom stereocenters. The molecule has 0 fully saturated rings. The lowest BCUT2D eigenvalue weighted by Crippen LogP contribution is -2.48. The highest BCUT2D eigenvalue weighted by molar-refractivity contribution is 4.58. The van der Waals surface area contributed by atoms with Crippen LogP contribution in [0.25, 0.3) is 0 Å². The number of hydrogen-bond acceptors (Lipinski definition) is 5. The van der Waals surface area contributed by atoms with Crippen LogP contribution in [0.3, 0.4) is 0 Å². The quantitative estimate of drug-likeness (QED) is 0.230. The first-order valence-electron chi connectivity index (χ1n) is 3.63. The molecule has 0 aliphatic carbocycles. The number of aliphatic hydroxyl groups is 3. The Hall–Kier alpha value is -0.200. The third-order valence-electron chi connectivity index (χ3n) is 1.26. The van der Waals surface area contributed by atoms with E-state index in [1.807, 2.05) is 0 Å². The van der Waals surface area contributed by atoms with Gasteiger partial charge in [-0.1, -0.05) is 0 Å². The maximum absolute atomic E-state index is 8.79. The van der Waals surface area contributed by atoms with Crippen LogP contribution in [0.1, 0.15) is 12.8 Å². The Morgan fingerprint density at radius 2 is 1.91 bits per heavy atom. The summed E-state index contributed by atoms with van der Waals surface area (Å²) >= 11 is 0. The van der Waals surface area contributed by atoms with Crippen LogP contribution < -0.4 is 11.1 Å². The molecule has 0 amide bonds. The Morgan fingerprint density at radius 1 is 1.27 bits per heavy atom. The molecule has 0 aromatic rings. The molecule has 11 heavy (non-hydrogen) atoms. The van der Waals surface area contributed by atoms with Crippen molar-refractivity contribution in [1.29, 1.82) is 0 Å². The van der Waals surface area contributed by atoms with E-state index in [9.17, 15) is 0 Å². The van der Waals surface area contributed by atoms with Crippen LogP contribution in [0.2, 0.25) is 0 Å². The number of hydrogen-bond donors (Lipinski definition) is 5. The average Bonchev–Trinajstić information content (AvgIpc) is 1.99. The van der Waals surface area contributed by atoms with Crippen molar-refractivity contribution in [1.82, 2.24) is 5.32 Å². The largest absolute Gasteiger partial charge is 0.389 e. The molecule has 0 saturated carbocycles. The minimum Gasteiger partial charge on any atom is -0.389 e. The van der Waals surface area contributed by atoms with Crippen molar-refractivity contribution in [3.8, 4) is 0 Å². The van der Waals surface area contributed by atoms with Gasteiger partial charge in [-0.25, -0.2) is 0 Å². The summed E-state index contributed by atoms with van der Waals surface area (Å²) in [6, 6.07) is 0. The monoisotopic (exact) mass is 164 g/mol. The fourth-order valence-corrected chi connectivity index (χ4v) is 0.614. The van der Waals surface area contributed by atoms with Crippen LogP contribution >= 0.6 is 0 Å². The van der Waals surface area contributed by atoms with E-state index in [1.54, 1.807) is 0 Å². The predicted octanol–water partition coefficient (Wildman–Crippen LogP) is -2.05. The molecule has 5 nitrogen and oxygen atoms in total. The average molecular weight is 164 g/mol. The first-order chi connectivity index (χ1) is 5.12. The number of unbranched alkanes of at least 4 members (excludes halogenated alkanes) is 1. The van der Waals surface area contributed by atoms with E-state index in [1.165, 1.54) is 0 Å². The molecule has 6 N–H and O–H groups in total. The van der Waals surface area contributed by atoms with Gasteiger partial charge in [-0.15, -0.1) is 0 Å². The molecule has 0 aliphatic rings. The predicted molar refractivity (Wildman–Crippen MR) is 40.5 cm³/mol. The van der Waals surface area contributed by atoms with Crippen molar-refractivity contribution >= 4 is 0 Å². The zero-order valence-corrected chi connectivity index (χ0v) is 6.45. The van der Waals surface area contributed by atoms with Crippen LogP contribution in [0.5, 0.6) is 0 Å². The molecule has 0 aliphatic heterocycles. The van der Waals surface area contributed by atoms with Crippen molar-refractivity contribution in [2.24, 2.45) is 5.73 Å². The summed E-state index contributed by atoms with van der Waals surface area (Å²) in [6.45, 7) is 0.311. The molecule has 0 radical (unpaired) electrons. The van der Waals surface area contributed by atoms with Gasteiger partial charge < -0.3 is 21.1 Å². The topological polar surface area (TPSA) is 98.7 Å². The van der Waals surface area contributed by atoms with E-state index in [-0.39, 0.29) is 0 Å². The summed E-state index contributed by atoms with van der Waals surface area (Å²) in [7, 11) is 0. The summed E-state index contributed by atoms with van der Waals surface area (Å²) in [5, 5.41) is 28.3. The van der Waals surface area contributed by atoms with Crippen LogP contribution in [-0.2, 0) is 0 Å². The molecule has 0 aromatic carbocycles. The molecule has 0 atom stereocenters. The Morgan fingerprint density at radius 3 is 2.36 bits per heavy atom. The molecule has 5 heteroatoms.